The molecule has 0 unspecified atom stereocenters. The number of fused-ring (bicyclic) bond motifs is 1. The van der Waals surface area contributed by atoms with Crippen molar-refractivity contribution in [3.63, 3.8) is 0 Å². The van der Waals surface area contributed by atoms with Crippen LogP contribution in [0.2, 0.25) is 0 Å². The highest BCUT2D eigenvalue weighted by atomic mass is 16.6. The number of hydrogen-bond acceptors (Lipinski definition) is 5. The third-order valence-electron chi connectivity index (χ3n) is 5.23. The number of carbonyl (C=O) groups excluding carboxylic acids is 1. The Bertz CT molecular complexity index is 808. The average Bonchev–Trinajstić information content (AvgIpc) is 2.74. The number of methoxy groups -OCH3 is 2. The van der Waals surface area contributed by atoms with Gasteiger partial charge in [-0.15, -0.1) is 0 Å². The SMILES string of the molecule is CCOC(=O)N1CCc2cc(OC)c(OC)cc2[C@H]1[C@H](CO)c1ccccc1. The summed E-state index contributed by atoms with van der Waals surface area (Å²) >= 11 is 0. The van der Waals surface area contributed by atoms with Crippen molar-refractivity contribution in [2.45, 2.75) is 25.3 Å². The normalized spacial score (nSPS) is 16.9. The second-order valence-corrected chi connectivity index (χ2v) is 6.69. The van der Waals surface area contributed by atoms with Gasteiger partial charge in [0.1, 0.15) is 0 Å². The number of aliphatic hydroxyl groups excluding tert-OH is 1. The molecule has 0 aromatic heterocycles. The number of benzene rings is 2. The maximum Gasteiger partial charge on any atom is 0.410 e. The molecule has 6 heteroatoms. The monoisotopic (exact) mass is 385 g/mol. The summed E-state index contributed by atoms with van der Waals surface area (Å²) in [6.07, 6.45) is 0.306. The zero-order valence-electron chi connectivity index (χ0n) is 16.6. The lowest BCUT2D eigenvalue weighted by Gasteiger charge is -2.41. The van der Waals surface area contributed by atoms with Crippen LogP contribution >= 0.6 is 0 Å². The Morgan fingerprint density at radius 2 is 1.86 bits per heavy atom. The Balaban J connectivity index is 2.13. The number of amides is 1. The largest absolute Gasteiger partial charge is 0.493 e. The first-order chi connectivity index (χ1) is 13.6. The molecule has 2 atom stereocenters. The minimum Gasteiger partial charge on any atom is -0.493 e. The van der Waals surface area contributed by atoms with Crippen molar-refractivity contribution in [1.29, 1.82) is 0 Å². The van der Waals surface area contributed by atoms with Crippen LogP contribution in [0.3, 0.4) is 0 Å². The molecule has 1 amide bonds. The Labute approximate surface area is 165 Å². The first-order valence-corrected chi connectivity index (χ1v) is 9.48. The van der Waals surface area contributed by atoms with E-state index >= 15 is 0 Å². The fourth-order valence-electron chi connectivity index (χ4n) is 3.91. The molecule has 1 aliphatic rings. The highest BCUT2D eigenvalue weighted by Crippen LogP contribution is 2.44. The number of nitrogens with zero attached hydrogens (tertiary/aromatic N) is 1. The first kappa shape index (κ1) is 20.0. The molecule has 1 N–H and O–H groups in total. The van der Waals surface area contributed by atoms with Crippen molar-refractivity contribution in [3.8, 4) is 11.5 Å². The molecule has 0 saturated carbocycles. The summed E-state index contributed by atoms with van der Waals surface area (Å²) in [5, 5.41) is 10.3. The minimum absolute atomic E-state index is 0.0988. The van der Waals surface area contributed by atoms with Gasteiger partial charge in [-0.25, -0.2) is 4.79 Å². The third-order valence-corrected chi connectivity index (χ3v) is 5.23. The van der Waals surface area contributed by atoms with Crippen LogP contribution in [0.5, 0.6) is 11.5 Å². The van der Waals surface area contributed by atoms with E-state index in [0.29, 0.717) is 31.1 Å². The van der Waals surface area contributed by atoms with Crippen molar-refractivity contribution < 1.29 is 24.1 Å². The Morgan fingerprint density at radius 3 is 2.46 bits per heavy atom. The summed E-state index contributed by atoms with van der Waals surface area (Å²) in [6, 6.07) is 13.3. The van der Waals surface area contributed by atoms with E-state index < -0.39 is 0 Å². The summed E-state index contributed by atoms with van der Waals surface area (Å²) in [5.74, 6) is 0.967. The molecule has 0 radical (unpaired) electrons. The van der Waals surface area contributed by atoms with E-state index in [9.17, 15) is 9.90 Å². The van der Waals surface area contributed by atoms with E-state index in [1.165, 1.54) is 0 Å². The quantitative estimate of drug-likeness (QED) is 0.824. The highest BCUT2D eigenvalue weighted by Gasteiger charge is 2.38. The average molecular weight is 385 g/mol. The third kappa shape index (κ3) is 3.78. The molecule has 0 saturated heterocycles. The van der Waals surface area contributed by atoms with Gasteiger partial charge in [0.15, 0.2) is 11.5 Å². The van der Waals surface area contributed by atoms with Crippen LogP contribution in [0.25, 0.3) is 0 Å². The van der Waals surface area contributed by atoms with Crippen molar-refractivity contribution in [1.82, 2.24) is 4.90 Å². The molecule has 0 aliphatic carbocycles. The molecular formula is C22H27NO5. The lowest BCUT2D eigenvalue weighted by molar-refractivity contribution is 0.0716. The second-order valence-electron chi connectivity index (χ2n) is 6.69. The van der Waals surface area contributed by atoms with Crippen LogP contribution in [-0.4, -0.2) is 50.1 Å². The summed E-state index contributed by atoms with van der Waals surface area (Å²) in [5.41, 5.74) is 2.99. The van der Waals surface area contributed by atoms with Crippen LogP contribution < -0.4 is 9.47 Å². The Hall–Kier alpha value is -2.73. The minimum atomic E-state index is -0.373. The van der Waals surface area contributed by atoms with Crippen molar-refractivity contribution in [2.24, 2.45) is 0 Å². The lowest BCUT2D eigenvalue weighted by Crippen LogP contribution is -2.43. The van der Waals surface area contributed by atoms with Gasteiger partial charge in [0, 0.05) is 12.5 Å². The molecular weight excluding hydrogens is 358 g/mol. The van der Waals surface area contributed by atoms with Crippen molar-refractivity contribution in [3.05, 3.63) is 59.2 Å². The first-order valence-electron chi connectivity index (χ1n) is 9.48. The van der Waals surface area contributed by atoms with Gasteiger partial charge in [-0.1, -0.05) is 30.3 Å². The van der Waals surface area contributed by atoms with Crippen LogP contribution in [0.15, 0.2) is 42.5 Å². The van der Waals surface area contributed by atoms with Crippen LogP contribution in [-0.2, 0) is 11.2 Å². The number of carbonyl (C=O) groups is 1. The Morgan fingerprint density at radius 1 is 1.18 bits per heavy atom. The van der Waals surface area contributed by atoms with Gasteiger partial charge in [0.05, 0.1) is 33.5 Å². The molecule has 0 spiro atoms. The molecule has 2 aromatic carbocycles. The van der Waals surface area contributed by atoms with E-state index in [4.69, 9.17) is 14.2 Å². The molecule has 0 fully saturated rings. The number of ether oxygens (including phenoxy) is 3. The predicted octanol–water partition coefficient (Wildman–Crippen LogP) is 3.54. The van der Waals surface area contributed by atoms with Gasteiger partial charge in [0.2, 0.25) is 0 Å². The van der Waals surface area contributed by atoms with Gasteiger partial charge in [-0.3, -0.25) is 0 Å². The molecule has 3 rings (SSSR count). The number of aliphatic hydroxyl groups is 1. The number of hydrogen-bond donors (Lipinski definition) is 1. The Kier molecular flexibility index (Phi) is 6.41. The van der Waals surface area contributed by atoms with E-state index in [1.807, 2.05) is 42.5 Å². The van der Waals surface area contributed by atoms with Gasteiger partial charge in [-0.05, 0) is 42.2 Å². The van der Waals surface area contributed by atoms with Gasteiger partial charge in [-0.2, -0.15) is 0 Å². The summed E-state index contributed by atoms with van der Waals surface area (Å²) in [6.45, 7) is 2.50. The fraction of sp³-hybridized carbons (Fsp3) is 0.409. The zero-order chi connectivity index (χ0) is 20.1. The van der Waals surface area contributed by atoms with Gasteiger partial charge >= 0.3 is 6.09 Å². The molecule has 28 heavy (non-hydrogen) atoms. The molecule has 0 bridgehead atoms. The molecule has 1 aliphatic heterocycles. The van der Waals surface area contributed by atoms with E-state index in [-0.39, 0.29) is 24.7 Å². The molecule has 150 valence electrons. The highest BCUT2D eigenvalue weighted by molar-refractivity contribution is 5.70. The fourth-order valence-corrected chi connectivity index (χ4v) is 3.91. The smallest absolute Gasteiger partial charge is 0.410 e. The van der Waals surface area contributed by atoms with Crippen LogP contribution in [0.1, 0.15) is 35.6 Å². The summed E-state index contributed by atoms with van der Waals surface area (Å²) in [4.78, 5) is 14.4. The van der Waals surface area contributed by atoms with Crippen molar-refractivity contribution in [2.75, 3.05) is 34.0 Å². The van der Waals surface area contributed by atoms with Crippen LogP contribution in [0, 0.1) is 0 Å². The topological polar surface area (TPSA) is 68.2 Å². The van der Waals surface area contributed by atoms with E-state index in [0.717, 1.165) is 16.7 Å². The summed E-state index contributed by atoms with van der Waals surface area (Å²) < 4.78 is 16.2. The van der Waals surface area contributed by atoms with Crippen LogP contribution in [0.4, 0.5) is 4.79 Å². The van der Waals surface area contributed by atoms with Gasteiger partial charge < -0.3 is 24.2 Å². The standard InChI is InChI=1S/C22H27NO5/c1-4-28-22(25)23-11-10-16-12-19(26-2)20(27-3)13-17(16)21(23)18(14-24)15-8-6-5-7-9-15/h5-9,12-13,18,21,24H,4,10-11,14H2,1-3H3/t18-,21+/m1/s1. The maximum absolute atomic E-state index is 12.7. The number of rotatable bonds is 6. The van der Waals surface area contributed by atoms with Crippen molar-refractivity contribution >= 4 is 6.09 Å². The maximum atomic E-state index is 12.7. The van der Waals surface area contributed by atoms with Gasteiger partial charge in [0.25, 0.3) is 0 Å². The predicted molar refractivity (Wildman–Crippen MR) is 106 cm³/mol. The second kappa shape index (κ2) is 8.97. The molecule has 6 nitrogen and oxygen atoms in total. The van der Waals surface area contributed by atoms with E-state index in [1.54, 1.807) is 26.0 Å². The zero-order valence-corrected chi connectivity index (χ0v) is 16.6. The molecule has 2 aromatic rings. The van der Waals surface area contributed by atoms with E-state index in [2.05, 4.69) is 0 Å². The molecule has 1 heterocycles. The summed E-state index contributed by atoms with van der Waals surface area (Å²) in [7, 11) is 3.20. The lowest BCUT2D eigenvalue weighted by atomic mass is 9.81.